The average Bonchev–Trinajstić information content (AvgIpc) is 3.15. The van der Waals surface area contributed by atoms with E-state index >= 15 is 0 Å². The summed E-state index contributed by atoms with van der Waals surface area (Å²) < 4.78 is 23.4. The normalized spacial score (nSPS) is 15.0. The Morgan fingerprint density at radius 2 is 2.11 bits per heavy atom. The maximum Gasteiger partial charge on any atom is 0.248 e. The molecule has 1 aliphatic rings. The molecule has 2 heterocycles. The van der Waals surface area contributed by atoms with Gasteiger partial charge in [-0.25, -0.2) is 4.39 Å². The molecule has 2 amide bonds. The molecule has 27 heavy (non-hydrogen) atoms. The van der Waals surface area contributed by atoms with Crippen molar-refractivity contribution in [3.63, 3.8) is 0 Å². The molecule has 1 aliphatic heterocycles. The van der Waals surface area contributed by atoms with E-state index in [9.17, 15) is 14.0 Å². The number of benzene rings is 1. The summed E-state index contributed by atoms with van der Waals surface area (Å²) in [7, 11) is 1.49. The first kappa shape index (κ1) is 19.0. The van der Waals surface area contributed by atoms with E-state index in [0.717, 1.165) is 0 Å². The van der Waals surface area contributed by atoms with Crippen molar-refractivity contribution in [2.75, 3.05) is 26.8 Å². The molecule has 0 saturated carbocycles. The number of amides is 2. The van der Waals surface area contributed by atoms with Gasteiger partial charge in [0.1, 0.15) is 18.1 Å². The summed E-state index contributed by atoms with van der Waals surface area (Å²) >= 11 is 0. The van der Waals surface area contributed by atoms with Crippen LogP contribution < -0.4 is 5.32 Å². The molecule has 1 fully saturated rings. The second kappa shape index (κ2) is 8.77. The Morgan fingerprint density at radius 3 is 2.81 bits per heavy atom. The van der Waals surface area contributed by atoms with Crippen LogP contribution in [0.5, 0.6) is 0 Å². The predicted molar refractivity (Wildman–Crippen MR) is 94.9 cm³/mol. The Bertz CT molecular complexity index is 800. The Balaban J connectivity index is 1.48. The van der Waals surface area contributed by atoms with Crippen LogP contribution in [0.2, 0.25) is 0 Å². The van der Waals surface area contributed by atoms with Crippen LogP contribution in [0.4, 0.5) is 4.39 Å². The fourth-order valence-corrected chi connectivity index (χ4v) is 3.10. The molecule has 7 nitrogen and oxygen atoms in total. The molecule has 2 aromatic rings. The van der Waals surface area contributed by atoms with Crippen molar-refractivity contribution in [3.05, 3.63) is 41.9 Å². The average molecular weight is 375 g/mol. The van der Waals surface area contributed by atoms with Gasteiger partial charge >= 0.3 is 0 Å². The number of halogens is 1. The topological polar surface area (TPSA) is 84.7 Å². The number of aromatic nitrogens is 1. The van der Waals surface area contributed by atoms with E-state index in [2.05, 4.69) is 10.5 Å². The summed E-state index contributed by atoms with van der Waals surface area (Å²) in [5.74, 6) is -0.112. The Kier molecular flexibility index (Phi) is 6.18. The van der Waals surface area contributed by atoms with Gasteiger partial charge in [-0.05, 0) is 25.0 Å². The largest absolute Gasteiger partial charge is 0.375 e. The molecular formula is C19H22FN3O4. The molecule has 1 aromatic heterocycles. The fourth-order valence-electron chi connectivity index (χ4n) is 3.10. The summed E-state index contributed by atoms with van der Waals surface area (Å²) in [6, 6.07) is 7.76. The van der Waals surface area contributed by atoms with Crippen molar-refractivity contribution < 1.29 is 23.2 Å². The minimum Gasteiger partial charge on any atom is -0.375 e. The number of carbonyl (C=O) groups excluding carboxylic acids is 2. The van der Waals surface area contributed by atoms with Crippen molar-refractivity contribution in [2.24, 2.45) is 5.92 Å². The van der Waals surface area contributed by atoms with Gasteiger partial charge in [-0.3, -0.25) is 9.59 Å². The van der Waals surface area contributed by atoms with Crippen molar-refractivity contribution in [1.82, 2.24) is 15.4 Å². The minimum absolute atomic E-state index is 0.0529. The van der Waals surface area contributed by atoms with E-state index in [-0.39, 0.29) is 36.7 Å². The van der Waals surface area contributed by atoms with Crippen LogP contribution >= 0.6 is 0 Å². The van der Waals surface area contributed by atoms with Crippen molar-refractivity contribution >= 4 is 11.8 Å². The molecule has 3 rings (SSSR count). The Morgan fingerprint density at radius 1 is 1.33 bits per heavy atom. The number of nitrogens with zero attached hydrogens (tertiary/aromatic N) is 2. The molecule has 0 aliphatic carbocycles. The zero-order valence-corrected chi connectivity index (χ0v) is 15.1. The number of hydrogen-bond donors (Lipinski definition) is 1. The highest BCUT2D eigenvalue weighted by atomic mass is 19.1. The number of methoxy groups -OCH3 is 1. The maximum absolute atomic E-state index is 13.3. The van der Waals surface area contributed by atoms with E-state index in [1.807, 2.05) is 0 Å². The number of piperidine rings is 1. The summed E-state index contributed by atoms with van der Waals surface area (Å²) in [5.41, 5.74) is 1.13. The second-order valence-corrected chi connectivity index (χ2v) is 6.49. The summed E-state index contributed by atoms with van der Waals surface area (Å²) in [6.07, 6.45) is 1.23. The number of likely N-dealkylation sites (tertiary alicyclic amines) is 1. The molecule has 0 spiro atoms. The highest BCUT2D eigenvalue weighted by Gasteiger charge is 2.27. The van der Waals surface area contributed by atoms with Gasteiger partial charge in [0.05, 0.1) is 6.54 Å². The van der Waals surface area contributed by atoms with Gasteiger partial charge in [0, 0.05) is 37.7 Å². The summed E-state index contributed by atoms with van der Waals surface area (Å²) in [4.78, 5) is 25.8. The Labute approximate surface area is 156 Å². The highest BCUT2D eigenvalue weighted by molar-refractivity contribution is 5.80. The van der Waals surface area contributed by atoms with Crippen LogP contribution in [0.3, 0.4) is 0 Å². The van der Waals surface area contributed by atoms with Gasteiger partial charge in [0.15, 0.2) is 5.76 Å². The van der Waals surface area contributed by atoms with Crippen LogP contribution in [0.15, 0.2) is 34.9 Å². The molecular weight excluding hydrogens is 353 g/mol. The monoisotopic (exact) mass is 375 g/mol. The highest BCUT2D eigenvalue weighted by Crippen LogP contribution is 2.21. The van der Waals surface area contributed by atoms with E-state index in [1.165, 1.54) is 19.2 Å². The first-order chi connectivity index (χ1) is 13.1. The van der Waals surface area contributed by atoms with Crippen LogP contribution in [-0.4, -0.2) is 48.7 Å². The minimum atomic E-state index is -0.347. The van der Waals surface area contributed by atoms with Crippen molar-refractivity contribution in [2.45, 2.75) is 19.4 Å². The lowest BCUT2D eigenvalue weighted by atomic mass is 9.96. The lowest BCUT2D eigenvalue weighted by molar-refractivity contribution is -0.138. The molecule has 1 saturated heterocycles. The van der Waals surface area contributed by atoms with E-state index in [1.54, 1.807) is 23.1 Å². The Hall–Kier alpha value is -2.74. The zero-order valence-electron chi connectivity index (χ0n) is 15.1. The third kappa shape index (κ3) is 4.91. The first-order valence-electron chi connectivity index (χ1n) is 8.83. The van der Waals surface area contributed by atoms with Crippen LogP contribution in [0.25, 0.3) is 11.3 Å². The summed E-state index contributed by atoms with van der Waals surface area (Å²) in [6.45, 7) is 1.37. The lowest BCUT2D eigenvalue weighted by Gasteiger charge is -2.31. The van der Waals surface area contributed by atoms with Crippen molar-refractivity contribution in [1.29, 1.82) is 0 Å². The van der Waals surface area contributed by atoms with Crippen LogP contribution in [0.1, 0.15) is 18.6 Å². The van der Waals surface area contributed by atoms with Gasteiger partial charge in [0.2, 0.25) is 11.8 Å². The zero-order chi connectivity index (χ0) is 19.2. The first-order valence-corrected chi connectivity index (χ1v) is 8.83. The smallest absolute Gasteiger partial charge is 0.248 e. The van der Waals surface area contributed by atoms with Crippen LogP contribution in [0, 0.1) is 11.7 Å². The molecule has 8 heteroatoms. The van der Waals surface area contributed by atoms with Gasteiger partial charge in [-0.2, -0.15) is 0 Å². The standard InChI is InChI=1S/C19H22FN3O4/c1-26-12-18(24)23-7-5-13(6-8-23)19(25)21-11-16-10-17(22-27-16)14-3-2-4-15(20)9-14/h2-4,9-10,13H,5-8,11-12H2,1H3,(H,21,25). The molecule has 0 atom stereocenters. The number of nitrogens with one attached hydrogen (secondary N) is 1. The van der Waals surface area contributed by atoms with E-state index in [4.69, 9.17) is 9.26 Å². The van der Waals surface area contributed by atoms with Crippen LogP contribution in [-0.2, 0) is 20.9 Å². The number of ether oxygens (including phenoxy) is 1. The quantitative estimate of drug-likeness (QED) is 0.835. The molecule has 0 bridgehead atoms. The number of hydrogen-bond acceptors (Lipinski definition) is 5. The third-order valence-electron chi connectivity index (χ3n) is 4.60. The fraction of sp³-hybridized carbons (Fsp3) is 0.421. The number of carbonyl (C=O) groups is 2. The molecule has 0 radical (unpaired) electrons. The molecule has 1 N–H and O–H groups in total. The second-order valence-electron chi connectivity index (χ2n) is 6.49. The van der Waals surface area contributed by atoms with Gasteiger partial charge < -0.3 is 19.5 Å². The maximum atomic E-state index is 13.3. The van der Waals surface area contributed by atoms with Gasteiger partial charge in [0.25, 0.3) is 0 Å². The lowest BCUT2D eigenvalue weighted by Crippen LogP contribution is -2.44. The SMILES string of the molecule is COCC(=O)N1CCC(C(=O)NCc2cc(-c3cccc(F)c3)no2)CC1. The van der Waals surface area contributed by atoms with Gasteiger partial charge in [-0.15, -0.1) is 0 Å². The predicted octanol–water partition coefficient (Wildman–Crippen LogP) is 1.98. The molecule has 144 valence electrons. The number of rotatable bonds is 6. The molecule has 1 aromatic carbocycles. The third-order valence-corrected chi connectivity index (χ3v) is 4.60. The van der Waals surface area contributed by atoms with E-state index in [0.29, 0.717) is 42.9 Å². The molecule has 0 unspecified atom stereocenters. The summed E-state index contributed by atoms with van der Waals surface area (Å²) in [5, 5.41) is 6.76. The van der Waals surface area contributed by atoms with Gasteiger partial charge in [-0.1, -0.05) is 17.3 Å². The van der Waals surface area contributed by atoms with E-state index < -0.39 is 0 Å². The van der Waals surface area contributed by atoms with Crippen molar-refractivity contribution in [3.8, 4) is 11.3 Å².